The number of carbonyl (C=O) groups excluding carboxylic acids is 1. The van der Waals surface area contributed by atoms with Gasteiger partial charge in [-0.3, -0.25) is 4.79 Å². The first-order valence-electron chi connectivity index (χ1n) is 7.18. The van der Waals surface area contributed by atoms with Crippen LogP contribution in [0.2, 0.25) is 0 Å². The molecule has 0 aromatic carbocycles. The normalized spacial score (nSPS) is 24.3. The zero-order valence-corrected chi connectivity index (χ0v) is 13.2. The number of aromatic nitrogens is 2. The van der Waals surface area contributed by atoms with Gasteiger partial charge in [-0.15, -0.1) is 0 Å². The van der Waals surface area contributed by atoms with Crippen LogP contribution in [0.4, 0.5) is 0 Å². The van der Waals surface area contributed by atoms with Gasteiger partial charge in [-0.25, -0.2) is 9.97 Å². The Morgan fingerprint density at radius 2 is 1.85 bits per heavy atom. The SMILES string of the molecule is CCOC(=O)[C@H]1[C@H](c2cnc(C(C)(C)C)nc2)C1(C)C. The minimum Gasteiger partial charge on any atom is -0.466 e. The lowest BCUT2D eigenvalue weighted by Crippen LogP contribution is -2.16. The van der Waals surface area contributed by atoms with Crippen LogP contribution in [0.5, 0.6) is 0 Å². The highest BCUT2D eigenvalue weighted by Crippen LogP contribution is 2.64. The number of esters is 1. The Hall–Kier alpha value is -1.45. The van der Waals surface area contributed by atoms with E-state index in [-0.39, 0.29) is 28.6 Å². The molecule has 0 saturated heterocycles. The van der Waals surface area contributed by atoms with Gasteiger partial charge in [-0.2, -0.15) is 0 Å². The minimum absolute atomic E-state index is 0.0574. The van der Waals surface area contributed by atoms with Gasteiger partial charge in [0.15, 0.2) is 0 Å². The summed E-state index contributed by atoms with van der Waals surface area (Å²) >= 11 is 0. The Morgan fingerprint density at radius 3 is 2.30 bits per heavy atom. The lowest BCUT2D eigenvalue weighted by Gasteiger charge is -2.16. The largest absolute Gasteiger partial charge is 0.466 e. The van der Waals surface area contributed by atoms with Crippen LogP contribution in [0.15, 0.2) is 12.4 Å². The quantitative estimate of drug-likeness (QED) is 0.796. The van der Waals surface area contributed by atoms with Crippen LogP contribution in [0, 0.1) is 11.3 Å². The van der Waals surface area contributed by atoms with E-state index in [0.29, 0.717) is 6.61 Å². The molecule has 2 rings (SSSR count). The van der Waals surface area contributed by atoms with Gasteiger partial charge in [-0.05, 0) is 17.9 Å². The molecule has 0 spiro atoms. The molecule has 1 aromatic rings. The van der Waals surface area contributed by atoms with Crippen molar-refractivity contribution in [2.45, 2.75) is 52.9 Å². The summed E-state index contributed by atoms with van der Waals surface area (Å²) in [6, 6.07) is 0. The maximum atomic E-state index is 12.0. The summed E-state index contributed by atoms with van der Waals surface area (Å²) in [6.07, 6.45) is 3.72. The standard InChI is InChI=1S/C16H24N2O2/c1-7-20-13(19)12-11(16(12,5)6)10-8-17-14(18-9-10)15(2,3)4/h8-9,11-12H,7H2,1-6H3/t11-,12+/m0/s1. The van der Waals surface area contributed by atoms with Crippen molar-refractivity contribution >= 4 is 5.97 Å². The Bertz CT molecular complexity index is 500. The van der Waals surface area contributed by atoms with E-state index in [1.807, 2.05) is 19.3 Å². The predicted molar refractivity (Wildman–Crippen MR) is 77.4 cm³/mol. The maximum absolute atomic E-state index is 12.0. The highest BCUT2D eigenvalue weighted by atomic mass is 16.5. The van der Waals surface area contributed by atoms with E-state index >= 15 is 0 Å². The molecule has 110 valence electrons. The van der Waals surface area contributed by atoms with E-state index in [0.717, 1.165) is 11.4 Å². The van der Waals surface area contributed by atoms with Crippen molar-refractivity contribution in [3.63, 3.8) is 0 Å². The molecule has 1 fully saturated rings. The Labute approximate surface area is 121 Å². The Balaban J connectivity index is 2.19. The fraction of sp³-hybridized carbons (Fsp3) is 0.688. The molecule has 1 heterocycles. The topological polar surface area (TPSA) is 52.1 Å². The third-order valence-corrected chi connectivity index (χ3v) is 4.07. The summed E-state index contributed by atoms with van der Waals surface area (Å²) in [5.74, 6) is 0.803. The number of carbonyl (C=O) groups is 1. The van der Waals surface area contributed by atoms with Crippen LogP contribution < -0.4 is 0 Å². The molecule has 0 radical (unpaired) electrons. The van der Waals surface area contributed by atoms with Crippen molar-refractivity contribution in [2.24, 2.45) is 11.3 Å². The van der Waals surface area contributed by atoms with E-state index in [9.17, 15) is 4.79 Å². The second-order valence-electron chi connectivity index (χ2n) is 7.12. The third kappa shape index (κ3) is 2.56. The summed E-state index contributed by atoms with van der Waals surface area (Å²) in [4.78, 5) is 20.9. The first-order chi connectivity index (χ1) is 9.19. The molecule has 0 unspecified atom stereocenters. The van der Waals surface area contributed by atoms with Crippen molar-refractivity contribution < 1.29 is 9.53 Å². The predicted octanol–water partition coefficient (Wildman–Crippen LogP) is 3.08. The molecule has 1 aliphatic carbocycles. The highest BCUT2D eigenvalue weighted by Gasteiger charge is 2.63. The van der Waals surface area contributed by atoms with Crippen molar-refractivity contribution in [1.82, 2.24) is 9.97 Å². The average molecular weight is 276 g/mol. The van der Waals surface area contributed by atoms with E-state index in [1.54, 1.807) is 0 Å². The first kappa shape index (κ1) is 14.9. The van der Waals surface area contributed by atoms with Gasteiger partial charge < -0.3 is 4.74 Å². The van der Waals surface area contributed by atoms with E-state index < -0.39 is 0 Å². The highest BCUT2D eigenvalue weighted by molar-refractivity contribution is 5.79. The van der Waals surface area contributed by atoms with Crippen LogP contribution in [-0.2, 0) is 14.9 Å². The molecular formula is C16H24N2O2. The van der Waals surface area contributed by atoms with Gasteiger partial charge in [0.2, 0.25) is 0 Å². The number of hydrogen-bond donors (Lipinski definition) is 0. The zero-order chi connectivity index (χ0) is 15.1. The van der Waals surface area contributed by atoms with Crippen molar-refractivity contribution in [3.05, 3.63) is 23.8 Å². The van der Waals surface area contributed by atoms with Gasteiger partial charge in [0.1, 0.15) is 5.82 Å². The molecule has 4 heteroatoms. The number of rotatable bonds is 3. The van der Waals surface area contributed by atoms with Crippen LogP contribution >= 0.6 is 0 Å². The van der Waals surface area contributed by atoms with Crippen LogP contribution in [0.25, 0.3) is 0 Å². The molecule has 1 aliphatic rings. The number of ether oxygens (including phenoxy) is 1. The number of hydrogen-bond acceptors (Lipinski definition) is 4. The van der Waals surface area contributed by atoms with Crippen LogP contribution in [-0.4, -0.2) is 22.5 Å². The van der Waals surface area contributed by atoms with Crippen molar-refractivity contribution in [3.8, 4) is 0 Å². The van der Waals surface area contributed by atoms with Crippen molar-refractivity contribution in [1.29, 1.82) is 0 Å². The van der Waals surface area contributed by atoms with Crippen LogP contribution in [0.3, 0.4) is 0 Å². The van der Waals surface area contributed by atoms with Crippen LogP contribution in [0.1, 0.15) is 58.8 Å². The molecule has 0 amide bonds. The second-order valence-corrected chi connectivity index (χ2v) is 7.12. The van der Waals surface area contributed by atoms with Gasteiger partial charge in [0.25, 0.3) is 0 Å². The van der Waals surface area contributed by atoms with E-state index in [4.69, 9.17) is 4.74 Å². The van der Waals surface area contributed by atoms with Crippen molar-refractivity contribution in [2.75, 3.05) is 6.61 Å². The summed E-state index contributed by atoms with van der Waals surface area (Å²) in [5, 5.41) is 0. The molecule has 2 atom stereocenters. The molecule has 20 heavy (non-hydrogen) atoms. The molecule has 0 N–H and O–H groups in total. The summed E-state index contributed by atoms with van der Waals surface area (Å²) in [6.45, 7) is 12.7. The van der Waals surface area contributed by atoms with E-state index in [1.165, 1.54) is 0 Å². The molecule has 0 bridgehead atoms. The fourth-order valence-electron chi connectivity index (χ4n) is 2.82. The Morgan fingerprint density at radius 1 is 1.30 bits per heavy atom. The molecule has 4 nitrogen and oxygen atoms in total. The maximum Gasteiger partial charge on any atom is 0.310 e. The monoisotopic (exact) mass is 276 g/mol. The molecule has 0 aliphatic heterocycles. The Kier molecular flexibility index (Phi) is 3.61. The molecule has 1 aromatic heterocycles. The first-order valence-corrected chi connectivity index (χ1v) is 7.18. The van der Waals surface area contributed by atoms with Gasteiger partial charge >= 0.3 is 5.97 Å². The lowest BCUT2D eigenvalue weighted by atomic mass is 9.95. The number of nitrogens with zero attached hydrogens (tertiary/aromatic N) is 2. The summed E-state index contributed by atoms with van der Waals surface area (Å²) in [5.41, 5.74) is 0.901. The van der Waals surface area contributed by atoms with Gasteiger partial charge in [0, 0.05) is 23.7 Å². The van der Waals surface area contributed by atoms with Gasteiger partial charge in [0.05, 0.1) is 12.5 Å². The molecule has 1 saturated carbocycles. The van der Waals surface area contributed by atoms with Gasteiger partial charge in [-0.1, -0.05) is 34.6 Å². The average Bonchev–Trinajstić information content (AvgIpc) is 2.92. The third-order valence-electron chi connectivity index (χ3n) is 4.07. The summed E-state index contributed by atoms with van der Waals surface area (Å²) < 4.78 is 5.15. The smallest absolute Gasteiger partial charge is 0.310 e. The molecular weight excluding hydrogens is 252 g/mol. The summed E-state index contributed by atoms with van der Waals surface area (Å²) in [7, 11) is 0. The van der Waals surface area contributed by atoms with E-state index in [2.05, 4.69) is 44.6 Å². The minimum atomic E-state index is -0.109. The fourth-order valence-corrected chi connectivity index (χ4v) is 2.82. The lowest BCUT2D eigenvalue weighted by molar-refractivity contribution is -0.145. The zero-order valence-electron chi connectivity index (χ0n) is 13.2. The second kappa shape index (κ2) is 4.83.